The highest BCUT2D eigenvalue weighted by Crippen LogP contribution is 2.36. The van der Waals surface area contributed by atoms with Gasteiger partial charge in [-0.25, -0.2) is 0 Å². The zero-order chi connectivity index (χ0) is 22.6. The molecule has 9 heteroatoms. The summed E-state index contributed by atoms with van der Waals surface area (Å²) >= 11 is 0. The summed E-state index contributed by atoms with van der Waals surface area (Å²) in [6, 6.07) is 9.34. The Hall–Kier alpha value is -2.04. The first-order chi connectivity index (χ1) is 14.7. The second-order valence-electron chi connectivity index (χ2n) is 8.29. The lowest BCUT2D eigenvalue weighted by atomic mass is 9.89. The van der Waals surface area contributed by atoms with Crippen LogP contribution >= 0.6 is 0 Å². The SMILES string of the molecule is CO[C@H]1O[C@@H]2COC(c3ccccc3)O[C@H]2[C@H](O)[C@H]1OC(=O)C(C)(C)CCOC(C)=O. The van der Waals surface area contributed by atoms with Crippen molar-refractivity contribution in [3.8, 4) is 0 Å². The van der Waals surface area contributed by atoms with Crippen LogP contribution in [0.15, 0.2) is 30.3 Å². The summed E-state index contributed by atoms with van der Waals surface area (Å²) in [5.74, 6) is -0.991. The van der Waals surface area contributed by atoms with Crippen molar-refractivity contribution in [3.05, 3.63) is 35.9 Å². The predicted molar refractivity (Wildman–Crippen MR) is 107 cm³/mol. The molecule has 172 valence electrons. The minimum Gasteiger partial charge on any atom is -0.466 e. The Balaban J connectivity index is 1.68. The van der Waals surface area contributed by atoms with Gasteiger partial charge in [0, 0.05) is 19.6 Å². The lowest BCUT2D eigenvalue weighted by Crippen LogP contribution is -2.63. The van der Waals surface area contributed by atoms with Crippen LogP contribution in [-0.4, -0.2) is 68.1 Å². The van der Waals surface area contributed by atoms with E-state index in [0.717, 1.165) is 5.56 Å². The molecule has 1 aromatic carbocycles. The molecule has 1 aromatic rings. The fourth-order valence-corrected chi connectivity index (χ4v) is 3.50. The molecule has 0 bridgehead atoms. The minimum absolute atomic E-state index is 0.0821. The zero-order valence-corrected chi connectivity index (χ0v) is 18.2. The van der Waals surface area contributed by atoms with Crippen LogP contribution < -0.4 is 0 Å². The number of hydrogen-bond donors (Lipinski definition) is 1. The summed E-state index contributed by atoms with van der Waals surface area (Å²) in [6.07, 6.45) is -5.02. The molecule has 0 radical (unpaired) electrons. The molecule has 1 N–H and O–H groups in total. The first-order valence-corrected chi connectivity index (χ1v) is 10.3. The molecule has 9 nitrogen and oxygen atoms in total. The molecule has 0 aliphatic carbocycles. The molecule has 6 atom stereocenters. The molecule has 3 rings (SSSR count). The number of ether oxygens (including phenoxy) is 6. The van der Waals surface area contributed by atoms with Crippen molar-refractivity contribution >= 4 is 11.9 Å². The standard InChI is InChI=1S/C22H30O9/c1-13(23)27-11-10-22(2,3)21(25)31-18-16(24)17-15(29-20(18)26-4)12-28-19(30-17)14-8-6-5-7-9-14/h5-9,15-20,24H,10-12H2,1-4H3/t15-,16+,17-,18-,19?,20+/m1/s1. The summed E-state index contributed by atoms with van der Waals surface area (Å²) in [6.45, 7) is 4.93. The van der Waals surface area contributed by atoms with Crippen LogP contribution in [0.1, 0.15) is 39.0 Å². The highest BCUT2D eigenvalue weighted by molar-refractivity contribution is 5.76. The van der Waals surface area contributed by atoms with Crippen molar-refractivity contribution in [3.63, 3.8) is 0 Å². The molecule has 2 saturated heterocycles. The van der Waals surface area contributed by atoms with Crippen LogP contribution in [0.25, 0.3) is 0 Å². The monoisotopic (exact) mass is 438 g/mol. The number of methoxy groups -OCH3 is 1. The lowest BCUT2D eigenvalue weighted by molar-refractivity contribution is -0.359. The maximum absolute atomic E-state index is 12.8. The number of rotatable bonds is 7. The Morgan fingerprint density at radius 3 is 2.55 bits per heavy atom. The van der Waals surface area contributed by atoms with Gasteiger partial charge in [0.15, 0.2) is 18.7 Å². The van der Waals surface area contributed by atoms with Gasteiger partial charge in [-0.2, -0.15) is 0 Å². The van der Waals surface area contributed by atoms with Gasteiger partial charge in [0.1, 0.15) is 18.3 Å². The van der Waals surface area contributed by atoms with Crippen LogP contribution in [0.4, 0.5) is 0 Å². The van der Waals surface area contributed by atoms with Crippen molar-refractivity contribution in [1.82, 2.24) is 0 Å². The fourth-order valence-electron chi connectivity index (χ4n) is 3.50. The van der Waals surface area contributed by atoms with E-state index in [2.05, 4.69) is 0 Å². The molecular weight excluding hydrogens is 408 g/mol. The third-order valence-corrected chi connectivity index (χ3v) is 5.44. The first-order valence-electron chi connectivity index (χ1n) is 10.3. The molecule has 2 heterocycles. The molecule has 1 unspecified atom stereocenters. The number of carbonyl (C=O) groups excluding carboxylic acids is 2. The minimum atomic E-state index is -1.19. The summed E-state index contributed by atoms with van der Waals surface area (Å²) in [4.78, 5) is 23.8. The first kappa shape index (κ1) is 23.6. The van der Waals surface area contributed by atoms with E-state index < -0.39 is 54.3 Å². The van der Waals surface area contributed by atoms with Gasteiger partial charge in [-0.05, 0) is 20.3 Å². The van der Waals surface area contributed by atoms with Crippen molar-refractivity contribution in [2.75, 3.05) is 20.3 Å². The van der Waals surface area contributed by atoms with E-state index in [9.17, 15) is 14.7 Å². The maximum Gasteiger partial charge on any atom is 0.312 e. The Bertz CT molecular complexity index is 751. The van der Waals surface area contributed by atoms with E-state index in [4.69, 9.17) is 28.4 Å². The van der Waals surface area contributed by atoms with Gasteiger partial charge < -0.3 is 33.5 Å². The molecular formula is C22H30O9. The maximum atomic E-state index is 12.8. The number of aliphatic hydroxyl groups is 1. The number of benzene rings is 1. The second-order valence-corrected chi connectivity index (χ2v) is 8.29. The average Bonchev–Trinajstić information content (AvgIpc) is 2.75. The topological polar surface area (TPSA) is 110 Å². The number of fused-ring (bicyclic) bond motifs is 1. The normalized spacial score (nSPS) is 30.9. The van der Waals surface area contributed by atoms with Gasteiger partial charge in [-0.15, -0.1) is 0 Å². The van der Waals surface area contributed by atoms with Gasteiger partial charge in [0.25, 0.3) is 0 Å². The molecule has 0 amide bonds. The molecule has 2 aliphatic rings. The third kappa shape index (κ3) is 5.61. The van der Waals surface area contributed by atoms with Crippen LogP contribution in [0, 0.1) is 5.41 Å². The Morgan fingerprint density at radius 1 is 1.19 bits per heavy atom. The van der Waals surface area contributed by atoms with Gasteiger partial charge in [0.05, 0.1) is 18.6 Å². The smallest absolute Gasteiger partial charge is 0.312 e. The number of aliphatic hydroxyl groups excluding tert-OH is 1. The van der Waals surface area contributed by atoms with E-state index >= 15 is 0 Å². The van der Waals surface area contributed by atoms with Crippen molar-refractivity contribution in [2.45, 2.75) is 64.2 Å². The van der Waals surface area contributed by atoms with E-state index in [-0.39, 0.29) is 19.6 Å². The summed E-state index contributed by atoms with van der Waals surface area (Å²) in [5.41, 5.74) is -0.143. The van der Waals surface area contributed by atoms with Crippen LogP contribution in [0.2, 0.25) is 0 Å². The summed E-state index contributed by atoms with van der Waals surface area (Å²) in [7, 11) is 1.40. The van der Waals surface area contributed by atoms with Gasteiger partial charge >= 0.3 is 11.9 Å². The predicted octanol–water partition coefficient (Wildman–Crippen LogP) is 1.72. The highest BCUT2D eigenvalue weighted by atomic mass is 16.8. The zero-order valence-electron chi connectivity index (χ0n) is 18.2. The van der Waals surface area contributed by atoms with E-state index in [1.54, 1.807) is 13.8 Å². The van der Waals surface area contributed by atoms with Crippen LogP contribution in [0.5, 0.6) is 0 Å². The van der Waals surface area contributed by atoms with E-state index in [1.807, 2.05) is 30.3 Å². The largest absolute Gasteiger partial charge is 0.466 e. The number of hydrogen-bond acceptors (Lipinski definition) is 9. The van der Waals surface area contributed by atoms with E-state index in [0.29, 0.717) is 0 Å². The molecule has 0 saturated carbocycles. The second kappa shape index (κ2) is 10.1. The Labute approximate surface area is 181 Å². The fraction of sp³-hybridized carbons (Fsp3) is 0.636. The number of esters is 2. The molecule has 2 aliphatic heterocycles. The van der Waals surface area contributed by atoms with Crippen molar-refractivity contribution in [1.29, 1.82) is 0 Å². The Morgan fingerprint density at radius 2 is 1.90 bits per heavy atom. The van der Waals surface area contributed by atoms with Gasteiger partial charge in [-0.1, -0.05) is 30.3 Å². The molecule has 2 fully saturated rings. The third-order valence-electron chi connectivity index (χ3n) is 5.44. The highest BCUT2D eigenvalue weighted by Gasteiger charge is 2.52. The van der Waals surface area contributed by atoms with Crippen LogP contribution in [-0.2, 0) is 38.0 Å². The van der Waals surface area contributed by atoms with Crippen LogP contribution in [0.3, 0.4) is 0 Å². The van der Waals surface area contributed by atoms with Crippen molar-refractivity contribution < 1.29 is 43.1 Å². The van der Waals surface area contributed by atoms with E-state index in [1.165, 1.54) is 14.0 Å². The molecule has 0 aromatic heterocycles. The quantitative estimate of drug-likeness (QED) is 0.636. The average molecular weight is 438 g/mol. The van der Waals surface area contributed by atoms with Crippen molar-refractivity contribution in [2.24, 2.45) is 5.41 Å². The molecule has 31 heavy (non-hydrogen) atoms. The number of carbonyl (C=O) groups is 2. The summed E-state index contributed by atoms with van der Waals surface area (Å²) < 4.78 is 33.4. The summed E-state index contributed by atoms with van der Waals surface area (Å²) in [5, 5.41) is 11.0. The van der Waals surface area contributed by atoms with Gasteiger partial charge in [0.2, 0.25) is 0 Å². The lowest BCUT2D eigenvalue weighted by Gasteiger charge is -2.47. The Kier molecular flexibility index (Phi) is 7.66. The van der Waals surface area contributed by atoms with Gasteiger partial charge in [-0.3, -0.25) is 9.59 Å². The molecule has 0 spiro atoms.